The number of halogens is 4. The molecule has 5 aromatic rings. The highest BCUT2D eigenvalue weighted by Gasteiger charge is 2.66. The fourth-order valence-corrected chi connectivity index (χ4v) is 5.59. The number of nitrogens with one attached hydrogen (secondary N) is 3. The Morgan fingerprint density at radius 3 is 2.61 bits per heavy atom. The highest BCUT2D eigenvalue weighted by Crippen LogP contribution is 2.55. The van der Waals surface area contributed by atoms with Gasteiger partial charge >= 0.3 is 6.18 Å². The van der Waals surface area contributed by atoms with Crippen molar-refractivity contribution < 1.29 is 13.2 Å². The summed E-state index contributed by atoms with van der Waals surface area (Å²) in [5.41, 5.74) is 0.215. The van der Waals surface area contributed by atoms with E-state index >= 15 is 0 Å². The molecule has 2 aromatic carbocycles. The molecule has 3 aromatic heterocycles. The third kappa shape index (κ3) is 5.21. The first-order chi connectivity index (χ1) is 20.8. The zero-order valence-electron chi connectivity index (χ0n) is 24.1. The minimum Gasteiger partial charge on any atom is -0.383 e. The predicted molar refractivity (Wildman–Crippen MR) is 163 cm³/mol. The number of nitrogens with zero attached hydrogens (tertiary/aromatic N) is 5. The molecule has 0 saturated heterocycles. The zero-order valence-corrected chi connectivity index (χ0v) is 24.8. The van der Waals surface area contributed by atoms with Crippen LogP contribution in [0, 0.1) is 16.7 Å². The Hall–Kier alpha value is -4.63. The van der Waals surface area contributed by atoms with Gasteiger partial charge in [0.15, 0.2) is 5.54 Å². The number of fused-ring (bicyclic) bond motifs is 2. The van der Waals surface area contributed by atoms with Crippen LogP contribution in [-0.2, 0) is 5.54 Å². The van der Waals surface area contributed by atoms with Gasteiger partial charge in [0.1, 0.15) is 11.8 Å². The molecule has 6 rings (SSSR count). The summed E-state index contributed by atoms with van der Waals surface area (Å²) >= 11 is 6.72. The van der Waals surface area contributed by atoms with E-state index in [0.29, 0.717) is 55.7 Å². The number of pyridine rings is 2. The van der Waals surface area contributed by atoms with Crippen LogP contribution in [0.25, 0.3) is 21.7 Å². The number of anilines is 2. The van der Waals surface area contributed by atoms with E-state index in [9.17, 15) is 23.2 Å². The van der Waals surface area contributed by atoms with Crippen molar-refractivity contribution in [2.75, 3.05) is 17.2 Å². The van der Waals surface area contributed by atoms with Crippen LogP contribution in [0.3, 0.4) is 0 Å². The Morgan fingerprint density at radius 2 is 1.93 bits per heavy atom. The van der Waals surface area contributed by atoms with E-state index in [1.165, 1.54) is 18.6 Å². The second-order valence-electron chi connectivity index (χ2n) is 12.2. The van der Waals surface area contributed by atoms with Gasteiger partial charge in [0.25, 0.3) is 5.56 Å². The average Bonchev–Trinajstić information content (AvgIpc) is 3.65. The van der Waals surface area contributed by atoms with Crippen LogP contribution in [0.15, 0.2) is 59.8 Å². The first kappa shape index (κ1) is 29.4. The highest BCUT2D eigenvalue weighted by molar-refractivity contribution is 6.35. The Bertz CT molecular complexity index is 2000. The summed E-state index contributed by atoms with van der Waals surface area (Å²) in [4.78, 5) is 19.7. The van der Waals surface area contributed by atoms with E-state index in [1.807, 2.05) is 0 Å². The van der Waals surface area contributed by atoms with Gasteiger partial charge in [0.05, 0.1) is 34.0 Å². The maximum absolute atomic E-state index is 14.0. The van der Waals surface area contributed by atoms with Crippen LogP contribution in [0.1, 0.15) is 56.5 Å². The number of alkyl halides is 3. The first-order valence-electron chi connectivity index (χ1n) is 13.9. The average molecular weight is 621 g/mol. The minimum atomic E-state index is -4.48. The Kier molecular flexibility index (Phi) is 7.04. The molecule has 0 spiro atoms. The lowest BCUT2D eigenvalue weighted by Gasteiger charge is -2.23. The second kappa shape index (κ2) is 10.5. The number of rotatable bonds is 7. The van der Waals surface area contributed by atoms with Gasteiger partial charge in [-0.3, -0.25) is 9.78 Å². The minimum absolute atomic E-state index is 0.0834. The van der Waals surface area contributed by atoms with Crippen LogP contribution in [0.4, 0.5) is 24.5 Å². The summed E-state index contributed by atoms with van der Waals surface area (Å²) in [5.74, 6) is 0. The van der Waals surface area contributed by atoms with Crippen molar-refractivity contribution in [3.8, 4) is 6.07 Å². The van der Waals surface area contributed by atoms with Crippen LogP contribution >= 0.6 is 11.6 Å². The SMILES string of the molecule is CC(C)(C)CNc1c(C#N)cnc2c(Cl)cc(N[C@H](c3cn(C4(C(F)(F)F)CC4)nn3)c3cccc4c(=O)[nH]ccc34)cc12. The van der Waals surface area contributed by atoms with Crippen molar-refractivity contribution in [2.24, 2.45) is 5.41 Å². The summed E-state index contributed by atoms with van der Waals surface area (Å²) in [7, 11) is 0. The fourth-order valence-electron chi connectivity index (χ4n) is 5.33. The van der Waals surface area contributed by atoms with Crippen molar-refractivity contribution in [1.82, 2.24) is 25.0 Å². The molecular formula is C31H28ClF3N8O. The molecular weight excluding hydrogens is 593 g/mol. The molecule has 1 saturated carbocycles. The molecule has 226 valence electrons. The Labute approximate surface area is 255 Å². The smallest absolute Gasteiger partial charge is 0.383 e. The van der Waals surface area contributed by atoms with Gasteiger partial charge in [-0.25, -0.2) is 4.68 Å². The van der Waals surface area contributed by atoms with Crippen LogP contribution in [0.5, 0.6) is 0 Å². The molecule has 1 aliphatic carbocycles. The Balaban J connectivity index is 1.50. The van der Waals surface area contributed by atoms with E-state index in [2.05, 4.69) is 57.8 Å². The third-order valence-electron chi connectivity index (χ3n) is 7.81. The number of H-pyrrole nitrogens is 1. The van der Waals surface area contributed by atoms with Gasteiger partial charge in [-0.15, -0.1) is 5.10 Å². The number of aromatic amines is 1. The summed E-state index contributed by atoms with van der Waals surface area (Å²) in [6, 6.07) is 11.7. The number of hydrogen-bond donors (Lipinski definition) is 3. The van der Waals surface area contributed by atoms with Crippen molar-refractivity contribution in [2.45, 2.75) is 51.4 Å². The molecule has 0 aliphatic heterocycles. The van der Waals surface area contributed by atoms with Crippen molar-refractivity contribution in [3.05, 3.63) is 87.2 Å². The lowest BCUT2D eigenvalue weighted by Crippen LogP contribution is -2.35. The van der Waals surface area contributed by atoms with Gasteiger partial charge in [-0.2, -0.15) is 18.4 Å². The molecule has 9 nitrogen and oxygen atoms in total. The molecule has 44 heavy (non-hydrogen) atoms. The van der Waals surface area contributed by atoms with Gasteiger partial charge < -0.3 is 15.6 Å². The van der Waals surface area contributed by atoms with Crippen LogP contribution < -0.4 is 16.2 Å². The molecule has 0 unspecified atom stereocenters. The summed E-state index contributed by atoms with van der Waals surface area (Å²) in [6.45, 7) is 6.75. The first-order valence-corrected chi connectivity index (χ1v) is 14.3. The van der Waals surface area contributed by atoms with Gasteiger partial charge in [-0.05, 0) is 53.5 Å². The monoisotopic (exact) mass is 620 g/mol. The highest BCUT2D eigenvalue weighted by atomic mass is 35.5. The topological polar surface area (TPSA) is 124 Å². The molecule has 3 heterocycles. The molecule has 1 atom stereocenters. The Morgan fingerprint density at radius 1 is 1.16 bits per heavy atom. The molecule has 0 bridgehead atoms. The number of aromatic nitrogens is 5. The van der Waals surface area contributed by atoms with Gasteiger partial charge in [-0.1, -0.05) is 49.7 Å². The fraction of sp³-hybridized carbons (Fsp3) is 0.323. The maximum atomic E-state index is 14.0. The maximum Gasteiger partial charge on any atom is 0.413 e. The molecule has 0 amide bonds. The summed E-state index contributed by atoms with van der Waals surface area (Å²) < 4.78 is 42.7. The molecule has 3 N–H and O–H groups in total. The normalized spacial score (nSPS) is 15.2. The van der Waals surface area contributed by atoms with Crippen molar-refractivity contribution in [3.63, 3.8) is 0 Å². The molecule has 13 heteroatoms. The third-order valence-corrected chi connectivity index (χ3v) is 8.10. The molecule has 1 fully saturated rings. The summed E-state index contributed by atoms with van der Waals surface area (Å²) in [5, 5.41) is 26.6. The molecule has 1 aliphatic rings. The largest absolute Gasteiger partial charge is 0.413 e. The summed E-state index contributed by atoms with van der Waals surface area (Å²) in [6.07, 6.45) is -0.366. The lowest BCUT2D eigenvalue weighted by atomic mass is 9.96. The predicted octanol–water partition coefficient (Wildman–Crippen LogP) is 6.90. The van der Waals surface area contributed by atoms with E-state index < -0.39 is 17.8 Å². The van der Waals surface area contributed by atoms with E-state index in [0.717, 1.165) is 4.68 Å². The zero-order chi connectivity index (χ0) is 31.4. The van der Waals surface area contributed by atoms with E-state index in [1.54, 1.807) is 36.4 Å². The van der Waals surface area contributed by atoms with Crippen LogP contribution in [-0.4, -0.2) is 37.7 Å². The van der Waals surface area contributed by atoms with Crippen molar-refractivity contribution in [1.29, 1.82) is 5.26 Å². The van der Waals surface area contributed by atoms with Gasteiger partial charge in [0.2, 0.25) is 0 Å². The number of hydrogen-bond acceptors (Lipinski definition) is 7. The number of benzene rings is 2. The van der Waals surface area contributed by atoms with E-state index in [-0.39, 0.29) is 29.5 Å². The second-order valence-corrected chi connectivity index (χ2v) is 12.6. The van der Waals surface area contributed by atoms with Crippen LogP contribution in [0.2, 0.25) is 5.02 Å². The van der Waals surface area contributed by atoms with Crippen molar-refractivity contribution >= 4 is 44.7 Å². The molecule has 0 radical (unpaired) electrons. The van der Waals surface area contributed by atoms with Gasteiger partial charge in [0, 0.05) is 35.4 Å². The quantitative estimate of drug-likeness (QED) is 0.181. The number of nitriles is 1. The lowest BCUT2D eigenvalue weighted by molar-refractivity contribution is -0.182. The standard InChI is InChI=1S/C31H28ClF3N8O/c1-29(2,3)16-39-25-17(13-36)14-38-26-22(25)11-18(12-23(26)32)40-27(20-5-4-6-21-19(20)7-10-37-28(21)44)24-15-43(42-41-24)30(8-9-30)31(33,34)35/h4-7,10-12,14-15,27,40H,8-9,16H2,1-3H3,(H,37,44)(H,38,39)/t27-/m0/s1. The van der Waals surface area contributed by atoms with E-state index in [4.69, 9.17) is 11.6 Å².